The maximum Gasteiger partial charge on any atom is 0.336 e. The van der Waals surface area contributed by atoms with Gasteiger partial charge in [-0.15, -0.1) is 0 Å². The fourth-order valence-corrected chi connectivity index (χ4v) is 2.14. The summed E-state index contributed by atoms with van der Waals surface area (Å²) < 4.78 is 16.4. The Morgan fingerprint density at radius 3 is 2.75 bits per heavy atom. The summed E-state index contributed by atoms with van der Waals surface area (Å²) in [7, 11) is 0. The standard InChI is InChI=1S/C10H6FNO2S2/c11-5-1-2-6(7(3-5)10(13)14)8-4-9(15)16-12-8/h1-4,12H,(H,13,14). The van der Waals surface area contributed by atoms with Crippen LogP contribution in [0.1, 0.15) is 10.4 Å². The summed E-state index contributed by atoms with van der Waals surface area (Å²) in [6, 6.07) is 5.29. The van der Waals surface area contributed by atoms with Gasteiger partial charge in [0, 0.05) is 5.56 Å². The zero-order chi connectivity index (χ0) is 11.7. The molecule has 0 aliphatic carbocycles. The lowest BCUT2D eigenvalue weighted by atomic mass is 10.0. The Morgan fingerprint density at radius 1 is 1.44 bits per heavy atom. The number of halogens is 1. The molecule has 1 aromatic carbocycles. The minimum atomic E-state index is -1.17. The summed E-state index contributed by atoms with van der Waals surface area (Å²) in [4.78, 5) is 11.0. The molecule has 0 saturated heterocycles. The van der Waals surface area contributed by atoms with Crippen molar-refractivity contribution in [2.75, 3.05) is 0 Å². The predicted molar refractivity (Wildman–Crippen MR) is 61.9 cm³/mol. The number of rotatable bonds is 2. The molecule has 6 heteroatoms. The van der Waals surface area contributed by atoms with Crippen LogP contribution in [0.15, 0.2) is 24.3 Å². The lowest BCUT2D eigenvalue weighted by molar-refractivity contribution is 0.0697. The van der Waals surface area contributed by atoms with Crippen LogP contribution in [0.25, 0.3) is 11.3 Å². The molecule has 0 atom stereocenters. The van der Waals surface area contributed by atoms with Gasteiger partial charge in [0.1, 0.15) is 9.64 Å². The van der Waals surface area contributed by atoms with Crippen LogP contribution in [0.2, 0.25) is 0 Å². The van der Waals surface area contributed by atoms with Gasteiger partial charge in [0.15, 0.2) is 0 Å². The van der Waals surface area contributed by atoms with Gasteiger partial charge < -0.3 is 9.48 Å². The monoisotopic (exact) mass is 255 g/mol. The number of carboxylic acid groups (broad SMARTS) is 1. The third kappa shape index (κ3) is 2.02. The van der Waals surface area contributed by atoms with E-state index in [9.17, 15) is 9.18 Å². The van der Waals surface area contributed by atoms with E-state index in [2.05, 4.69) is 4.37 Å². The number of benzene rings is 1. The number of hydrogen-bond donors (Lipinski definition) is 2. The lowest BCUT2D eigenvalue weighted by Gasteiger charge is -2.03. The first kappa shape index (κ1) is 11.0. The van der Waals surface area contributed by atoms with Gasteiger partial charge in [-0.2, -0.15) is 0 Å². The summed E-state index contributed by atoms with van der Waals surface area (Å²) in [5.74, 6) is -1.74. The Kier molecular flexibility index (Phi) is 2.84. The number of carbonyl (C=O) groups is 1. The highest BCUT2D eigenvalue weighted by Gasteiger charge is 2.13. The number of aromatic carboxylic acids is 1. The number of H-pyrrole nitrogens is 1. The largest absolute Gasteiger partial charge is 0.478 e. The molecule has 0 radical (unpaired) electrons. The van der Waals surface area contributed by atoms with Gasteiger partial charge in [-0.1, -0.05) is 23.8 Å². The number of nitrogens with one attached hydrogen (secondary N) is 1. The van der Waals surface area contributed by atoms with E-state index in [-0.39, 0.29) is 5.56 Å². The Bertz CT molecular complexity index is 603. The Hall–Kier alpha value is -1.53. The second-order valence-corrected chi connectivity index (χ2v) is 4.62. The summed E-state index contributed by atoms with van der Waals surface area (Å²) in [5.41, 5.74) is 0.942. The highest BCUT2D eigenvalue weighted by molar-refractivity contribution is 7.73. The molecule has 2 aromatic rings. The van der Waals surface area contributed by atoms with Crippen LogP contribution in [0.3, 0.4) is 0 Å². The third-order valence-corrected chi connectivity index (χ3v) is 3.03. The normalized spacial score (nSPS) is 10.3. The molecule has 2 N–H and O–H groups in total. The molecule has 0 unspecified atom stereocenters. The van der Waals surface area contributed by atoms with Gasteiger partial charge in [0.25, 0.3) is 0 Å². The third-order valence-electron chi connectivity index (χ3n) is 2.03. The molecule has 0 saturated carbocycles. The van der Waals surface area contributed by atoms with Crippen molar-refractivity contribution in [1.29, 1.82) is 0 Å². The highest BCUT2D eigenvalue weighted by Crippen LogP contribution is 2.24. The average molecular weight is 255 g/mol. The molecule has 82 valence electrons. The van der Waals surface area contributed by atoms with Crippen molar-refractivity contribution in [2.24, 2.45) is 0 Å². The van der Waals surface area contributed by atoms with Gasteiger partial charge in [0.2, 0.25) is 0 Å². The van der Waals surface area contributed by atoms with E-state index in [0.717, 1.165) is 6.07 Å². The molecule has 1 heterocycles. The minimum Gasteiger partial charge on any atom is -0.478 e. The smallest absolute Gasteiger partial charge is 0.336 e. The van der Waals surface area contributed by atoms with Gasteiger partial charge in [-0.05, 0) is 24.3 Å². The van der Waals surface area contributed by atoms with Crippen LogP contribution in [0, 0.1) is 9.64 Å². The molecule has 0 aliphatic heterocycles. The SMILES string of the molecule is O=C(O)c1cc(F)ccc1-c1cc(=S)s[nH]1. The summed E-state index contributed by atoms with van der Waals surface area (Å²) in [5, 5.41) is 8.96. The number of hydrogen-bond acceptors (Lipinski definition) is 3. The molecule has 16 heavy (non-hydrogen) atoms. The summed E-state index contributed by atoms with van der Waals surface area (Å²) >= 11 is 6.16. The second-order valence-electron chi connectivity index (χ2n) is 3.08. The molecule has 0 bridgehead atoms. The number of aromatic amines is 1. The molecule has 0 aliphatic rings. The summed E-state index contributed by atoms with van der Waals surface area (Å²) in [6.45, 7) is 0. The summed E-state index contributed by atoms with van der Waals surface area (Å²) in [6.07, 6.45) is 0. The topological polar surface area (TPSA) is 53.1 Å². The van der Waals surface area contributed by atoms with Crippen LogP contribution in [0.5, 0.6) is 0 Å². The van der Waals surface area contributed by atoms with Gasteiger partial charge in [-0.25, -0.2) is 9.18 Å². The average Bonchev–Trinajstić information content (AvgIpc) is 2.64. The van der Waals surface area contributed by atoms with Crippen molar-refractivity contribution >= 4 is 29.7 Å². The van der Waals surface area contributed by atoms with Crippen LogP contribution in [-0.2, 0) is 0 Å². The van der Waals surface area contributed by atoms with E-state index < -0.39 is 11.8 Å². The molecule has 0 fully saturated rings. The first-order valence-electron chi connectivity index (χ1n) is 4.29. The molecular formula is C10H6FNO2S2. The van der Waals surface area contributed by atoms with Crippen molar-refractivity contribution in [3.63, 3.8) is 0 Å². The molecule has 0 spiro atoms. The first-order chi connectivity index (χ1) is 7.58. The maximum absolute atomic E-state index is 12.9. The fourth-order valence-electron chi connectivity index (χ4n) is 1.34. The van der Waals surface area contributed by atoms with Crippen molar-refractivity contribution in [2.45, 2.75) is 0 Å². The number of carboxylic acids is 1. The molecular weight excluding hydrogens is 249 g/mol. The van der Waals surface area contributed by atoms with Crippen LogP contribution >= 0.6 is 23.8 Å². The van der Waals surface area contributed by atoms with Gasteiger partial charge in [-0.3, -0.25) is 0 Å². The van der Waals surface area contributed by atoms with Crippen LogP contribution < -0.4 is 0 Å². The zero-order valence-corrected chi connectivity index (χ0v) is 9.49. The quantitative estimate of drug-likeness (QED) is 0.809. The molecule has 3 nitrogen and oxygen atoms in total. The molecule has 0 amide bonds. The molecule has 1 aromatic heterocycles. The lowest BCUT2D eigenvalue weighted by Crippen LogP contribution is -2.00. The number of aromatic nitrogens is 1. The first-order valence-corrected chi connectivity index (χ1v) is 5.52. The van der Waals surface area contributed by atoms with Crippen LogP contribution in [0.4, 0.5) is 4.39 Å². The Balaban J connectivity index is 2.64. The van der Waals surface area contributed by atoms with Crippen LogP contribution in [-0.4, -0.2) is 15.4 Å². The van der Waals surface area contributed by atoms with E-state index >= 15 is 0 Å². The Morgan fingerprint density at radius 2 is 2.19 bits per heavy atom. The van der Waals surface area contributed by atoms with E-state index in [0.29, 0.717) is 15.1 Å². The van der Waals surface area contributed by atoms with Gasteiger partial charge >= 0.3 is 5.97 Å². The predicted octanol–water partition coefficient (Wildman–Crippen LogP) is 3.31. The highest BCUT2D eigenvalue weighted by atomic mass is 32.2. The van der Waals surface area contributed by atoms with E-state index in [4.69, 9.17) is 17.3 Å². The second kappa shape index (κ2) is 4.15. The van der Waals surface area contributed by atoms with E-state index in [1.807, 2.05) is 0 Å². The minimum absolute atomic E-state index is 0.0796. The van der Waals surface area contributed by atoms with E-state index in [1.54, 1.807) is 6.07 Å². The van der Waals surface area contributed by atoms with Gasteiger partial charge in [0.05, 0.1) is 11.3 Å². The van der Waals surface area contributed by atoms with E-state index in [1.165, 1.54) is 23.7 Å². The molecule has 2 rings (SSSR count). The van der Waals surface area contributed by atoms with Crippen molar-refractivity contribution in [3.05, 3.63) is 39.5 Å². The Labute approximate surface area is 99.3 Å². The maximum atomic E-state index is 12.9. The fraction of sp³-hybridized carbons (Fsp3) is 0. The van der Waals surface area contributed by atoms with Crippen molar-refractivity contribution in [1.82, 2.24) is 4.37 Å². The zero-order valence-electron chi connectivity index (χ0n) is 7.86. The van der Waals surface area contributed by atoms with Crippen molar-refractivity contribution < 1.29 is 14.3 Å². The van der Waals surface area contributed by atoms with Crippen molar-refractivity contribution in [3.8, 4) is 11.3 Å².